The maximum absolute atomic E-state index is 13.4. The van der Waals surface area contributed by atoms with Crippen molar-refractivity contribution >= 4 is 58.9 Å². The first-order valence-electron chi connectivity index (χ1n) is 32.9. The number of hydrogen-bond donors (Lipinski definition) is 3. The van der Waals surface area contributed by atoms with E-state index in [1.165, 1.54) is 43.4 Å². The minimum absolute atomic E-state index is 0.0535. The molecule has 6 aromatic rings. The number of aliphatic hydroxyl groups is 1. The van der Waals surface area contributed by atoms with Gasteiger partial charge in [0.15, 0.2) is 0 Å². The van der Waals surface area contributed by atoms with E-state index in [4.69, 9.17) is 61.8 Å². The molecule has 0 spiro atoms. The molecule has 0 aliphatic carbocycles. The van der Waals surface area contributed by atoms with E-state index in [0.29, 0.717) is 77.7 Å². The quantitative estimate of drug-likeness (QED) is 0.0215. The Balaban J connectivity index is 0.000000286. The lowest BCUT2D eigenvalue weighted by Crippen LogP contribution is -2.40. The molecule has 24 heteroatoms. The molecule has 8 rings (SSSR count). The first kappa shape index (κ1) is 84.6. The van der Waals surface area contributed by atoms with E-state index in [1.807, 2.05) is 88.9 Å². The topological polar surface area (TPSA) is 253 Å². The number of rotatable bonds is 30. The van der Waals surface area contributed by atoms with Crippen molar-refractivity contribution in [3.05, 3.63) is 212 Å². The monoisotopic (exact) mass is 1440 g/mol. The second-order valence-corrected chi connectivity index (χ2v) is 25.0. The van der Waals surface area contributed by atoms with Gasteiger partial charge in [-0.2, -0.15) is 0 Å². The normalized spacial score (nSPS) is 14.1. The molecular formula is C77H99Cl2N5O17. The number of esters is 3. The van der Waals surface area contributed by atoms with Gasteiger partial charge in [-0.05, 0) is 195 Å². The predicted molar refractivity (Wildman–Crippen MR) is 390 cm³/mol. The van der Waals surface area contributed by atoms with E-state index in [0.717, 1.165) is 85.0 Å². The number of phenolic OH excluding ortho intramolecular Hbond substituents is 1. The van der Waals surface area contributed by atoms with E-state index in [9.17, 15) is 33.9 Å². The van der Waals surface area contributed by atoms with Gasteiger partial charge < -0.3 is 77.7 Å². The number of carbonyl (C=O) groups excluding carboxylic acids is 5. The molecule has 0 saturated carbocycles. The van der Waals surface area contributed by atoms with Crippen LogP contribution < -0.4 is 14.2 Å². The third-order valence-corrected chi connectivity index (χ3v) is 16.2. The molecule has 2 aliphatic rings. The van der Waals surface area contributed by atoms with E-state index < -0.39 is 29.7 Å². The van der Waals surface area contributed by atoms with Crippen LogP contribution in [0.25, 0.3) is 0 Å². The summed E-state index contributed by atoms with van der Waals surface area (Å²) < 4.78 is 41.8. The Labute approximate surface area is 604 Å². The van der Waals surface area contributed by atoms with Crippen LogP contribution in [0, 0.1) is 0 Å². The van der Waals surface area contributed by atoms with Crippen LogP contribution in [0.3, 0.4) is 0 Å². The van der Waals surface area contributed by atoms with Gasteiger partial charge in [0, 0.05) is 93.1 Å². The zero-order valence-corrected chi connectivity index (χ0v) is 61.6. The molecule has 0 saturated heterocycles. The third-order valence-electron chi connectivity index (χ3n) is 15.7. The molecule has 3 N–H and O–H groups in total. The van der Waals surface area contributed by atoms with E-state index >= 15 is 0 Å². The Morgan fingerprint density at radius 3 is 1.17 bits per heavy atom. The molecule has 2 unspecified atom stereocenters. The lowest BCUT2D eigenvalue weighted by molar-refractivity contribution is -0.142. The molecule has 0 aromatic heterocycles. The van der Waals surface area contributed by atoms with Crippen LogP contribution in [-0.2, 0) is 56.1 Å². The van der Waals surface area contributed by atoms with Crippen molar-refractivity contribution in [1.82, 2.24) is 24.5 Å². The highest BCUT2D eigenvalue weighted by Crippen LogP contribution is 2.39. The summed E-state index contributed by atoms with van der Waals surface area (Å²) in [5.74, 6) is -0.625. The van der Waals surface area contributed by atoms with Gasteiger partial charge in [-0.3, -0.25) is 9.59 Å². The van der Waals surface area contributed by atoms with Crippen molar-refractivity contribution in [1.29, 1.82) is 0 Å². The first-order valence-corrected chi connectivity index (χ1v) is 33.7. The maximum atomic E-state index is 13.4. The number of phenols is 1. The van der Waals surface area contributed by atoms with E-state index in [-0.39, 0.29) is 55.2 Å². The average Bonchev–Trinajstić information content (AvgIpc) is 0.787. The Morgan fingerprint density at radius 2 is 0.822 bits per heavy atom. The van der Waals surface area contributed by atoms with Crippen LogP contribution in [0.5, 0.6) is 23.0 Å². The van der Waals surface area contributed by atoms with Gasteiger partial charge in [0.1, 0.15) is 29.6 Å². The summed E-state index contributed by atoms with van der Waals surface area (Å²) in [5, 5.41) is 28.5. The summed E-state index contributed by atoms with van der Waals surface area (Å²) in [7, 11) is 18.0. The summed E-state index contributed by atoms with van der Waals surface area (Å²) in [6.45, 7) is 10.2. The molecule has 6 aromatic carbocycles. The largest absolute Gasteiger partial charge is 0.508 e. The zero-order chi connectivity index (χ0) is 74.4. The number of aliphatic carboxylic acids is 1. The molecule has 2 aliphatic heterocycles. The van der Waals surface area contributed by atoms with Crippen molar-refractivity contribution in [3.63, 3.8) is 0 Å². The molecule has 0 fully saturated rings. The number of aliphatic hydroxyl groups excluding tert-OH is 1. The van der Waals surface area contributed by atoms with Gasteiger partial charge in [-0.25, -0.2) is 19.2 Å². The number of allylic oxidation sites excluding steroid dienone is 2. The number of benzene rings is 6. The predicted octanol–water partition coefficient (Wildman–Crippen LogP) is 11.8. The fraction of sp³-hybridized carbons (Fsp3) is 0.403. The number of carbonyl (C=O) groups is 6. The minimum Gasteiger partial charge on any atom is -0.508 e. The third kappa shape index (κ3) is 30.1. The van der Waals surface area contributed by atoms with Crippen LogP contribution in [0.1, 0.15) is 101 Å². The van der Waals surface area contributed by atoms with Gasteiger partial charge in [-0.15, -0.1) is 0 Å². The highest BCUT2D eigenvalue weighted by Gasteiger charge is 2.38. The number of aromatic hydroxyl groups is 1. The molecule has 2 heterocycles. The van der Waals surface area contributed by atoms with Crippen molar-refractivity contribution in [2.24, 2.45) is 0 Å². The molecule has 0 radical (unpaired) electrons. The molecule has 2 amide bonds. The summed E-state index contributed by atoms with van der Waals surface area (Å²) in [5.41, 5.74) is 6.16. The van der Waals surface area contributed by atoms with Crippen LogP contribution in [0.2, 0.25) is 10.0 Å². The standard InChI is InChI=1S/C28H35ClN2O5.C16H18ClNO4.C13H19NO3.C12H19NO2.C8H8O3/c1-20-27(25(22-8-10-23(29)11-9-22)18-26(32)31(20)15-17-34-4)28(33)36-19-21-6-12-24(13-7-21)35-16-5-14-30(2)3;1-10-15(16(20)21)13(11-3-5-12(17)6-4-11)9-14(19)18(10)7-8-22-2;1-14(2)9-4-10-17-12-7-5-11(6-8-12)13(15)16-3;1-13(2)8-3-9-15-12-6-4-11(10-14)5-7-12;1-11-8(10)6-2-4-7(9)5-3-6/h6-13,25H,5,14-19H2,1-4H3;3-6,13H,7-9H2,1-2H3,(H,20,21);5-8H,4,9-10H2,1-3H3;4-7,14H,3,8-10H2,1-2H3;2-5,9H,1H3. The number of hydrogen-bond acceptors (Lipinski definition) is 19. The average molecular weight is 1440 g/mol. The Hall–Kier alpha value is -8.84. The Bertz CT molecular complexity index is 3550. The van der Waals surface area contributed by atoms with Gasteiger partial charge in [-0.1, -0.05) is 71.7 Å². The zero-order valence-electron chi connectivity index (χ0n) is 60.1. The smallest absolute Gasteiger partial charge is 0.337 e. The second-order valence-electron chi connectivity index (χ2n) is 24.1. The van der Waals surface area contributed by atoms with Crippen molar-refractivity contribution in [2.45, 2.75) is 71.0 Å². The lowest BCUT2D eigenvalue weighted by Gasteiger charge is -2.34. The number of carboxylic acid groups (broad SMARTS) is 1. The lowest BCUT2D eigenvalue weighted by atomic mass is 9.83. The molecule has 0 bridgehead atoms. The van der Waals surface area contributed by atoms with Crippen LogP contribution >= 0.6 is 23.2 Å². The number of methoxy groups -OCH3 is 4. The van der Waals surface area contributed by atoms with Crippen LogP contribution in [0.4, 0.5) is 0 Å². The van der Waals surface area contributed by atoms with E-state index in [1.54, 1.807) is 93.6 Å². The maximum Gasteiger partial charge on any atom is 0.337 e. The number of carboxylic acids is 1. The van der Waals surface area contributed by atoms with Gasteiger partial charge in [0.05, 0.1) is 76.1 Å². The Morgan fingerprint density at radius 1 is 0.475 bits per heavy atom. The molecule has 2 atom stereocenters. The number of nitrogens with zero attached hydrogens (tertiary/aromatic N) is 5. The first-order chi connectivity index (χ1) is 48.3. The van der Waals surface area contributed by atoms with Crippen molar-refractivity contribution < 1.29 is 82.0 Å². The molecule has 548 valence electrons. The van der Waals surface area contributed by atoms with Crippen molar-refractivity contribution in [3.8, 4) is 23.0 Å². The summed E-state index contributed by atoms with van der Waals surface area (Å²) in [6.07, 6.45) is 3.25. The fourth-order valence-corrected chi connectivity index (χ4v) is 10.5. The molecule has 22 nitrogen and oxygen atoms in total. The minimum atomic E-state index is -1.01. The van der Waals surface area contributed by atoms with E-state index in [2.05, 4.69) is 38.3 Å². The highest BCUT2D eigenvalue weighted by molar-refractivity contribution is 6.30. The van der Waals surface area contributed by atoms with Gasteiger partial charge in [0.2, 0.25) is 11.8 Å². The Kier molecular flexibility index (Phi) is 38.4. The molecular weight excluding hydrogens is 1340 g/mol. The summed E-state index contributed by atoms with van der Waals surface area (Å²) >= 11 is 11.9. The number of amides is 2. The van der Waals surface area contributed by atoms with Gasteiger partial charge >= 0.3 is 23.9 Å². The number of halogens is 2. The van der Waals surface area contributed by atoms with Crippen LogP contribution in [0.15, 0.2) is 168 Å². The highest BCUT2D eigenvalue weighted by atomic mass is 35.5. The SMILES string of the molecule is CN(C)CCCOc1ccc(CO)cc1.COC(=O)c1ccc(O)cc1.COC(=O)c1ccc(OCCCN(C)C)cc1.COCCN1C(=O)CC(c2ccc(Cl)cc2)C(C(=O)O)=C1C.COCCN1C(=O)CC(c2ccc(Cl)cc2)C(C(=O)OCc2ccc(OCCCN(C)C)cc2)=C1C. The summed E-state index contributed by atoms with van der Waals surface area (Å²) in [4.78, 5) is 81.8. The van der Waals surface area contributed by atoms with Crippen molar-refractivity contribution in [2.75, 3.05) is 136 Å². The molecule has 101 heavy (non-hydrogen) atoms. The van der Waals surface area contributed by atoms with Crippen LogP contribution in [-0.4, -0.2) is 212 Å². The second kappa shape index (κ2) is 45.8. The van der Waals surface area contributed by atoms with Gasteiger partial charge in [0.25, 0.3) is 0 Å². The fourth-order valence-electron chi connectivity index (χ4n) is 10.3. The number of ether oxygens (including phenoxy) is 8. The summed E-state index contributed by atoms with van der Waals surface area (Å²) in [6, 6.07) is 42.1.